The van der Waals surface area contributed by atoms with Gasteiger partial charge in [0.15, 0.2) is 0 Å². The lowest BCUT2D eigenvalue weighted by Crippen LogP contribution is -2.23. The highest BCUT2D eigenvalue weighted by Gasteiger charge is 2.28. The van der Waals surface area contributed by atoms with Gasteiger partial charge in [-0.05, 0) is 60.3 Å². The first kappa shape index (κ1) is 13.6. The monoisotopic (exact) mass is 311 g/mol. The summed E-state index contributed by atoms with van der Waals surface area (Å²) in [6, 6.07) is 4.07. The van der Waals surface area contributed by atoms with Crippen LogP contribution in [0.15, 0.2) is 16.6 Å². The average molecular weight is 312 g/mol. The number of carbonyl (C=O) groups excluding carboxylic acids is 1. The number of aryl methyl sites for hydroxylation is 2. The van der Waals surface area contributed by atoms with E-state index in [4.69, 9.17) is 4.74 Å². The van der Waals surface area contributed by atoms with Gasteiger partial charge in [0.2, 0.25) is 5.91 Å². The second kappa shape index (κ2) is 5.41. The first-order chi connectivity index (χ1) is 8.47. The smallest absolute Gasteiger partial charge is 0.229 e. The van der Waals surface area contributed by atoms with Gasteiger partial charge < -0.3 is 10.1 Å². The molecule has 98 valence electrons. The van der Waals surface area contributed by atoms with Crippen LogP contribution in [0, 0.1) is 19.8 Å². The van der Waals surface area contributed by atoms with Crippen molar-refractivity contribution in [3.63, 3.8) is 0 Å². The molecule has 2 rings (SSSR count). The molecule has 1 fully saturated rings. The fourth-order valence-corrected chi connectivity index (χ4v) is 3.07. The van der Waals surface area contributed by atoms with Crippen LogP contribution in [0.2, 0.25) is 0 Å². The van der Waals surface area contributed by atoms with Gasteiger partial charge in [-0.1, -0.05) is 6.07 Å². The van der Waals surface area contributed by atoms with Crippen LogP contribution in [0.4, 0.5) is 5.69 Å². The highest BCUT2D eigenvalue weighted by Crippen LogP contribution is 2.29. The van der Waals surface area contributed by atoms with E-state index < -0.39 is 0 Å². The van der Waals surface area contributed by atoms with Gasteiger partial charge in [-0.25, -0.2) is 0 Å². The third-order valence-electron chi connectivity index (χ3n) is 3.25. The Morgan fingerprint density at radius 2 is 2.17 bits per heavy atom. The van der Waals surface area contributed by atoms with Crippen molar-refractivity contribution in [3.05, 3.63) is 27.7 Å². The maximum absolute atomic E-state index is 12.1. The fourth-order valence-electron chi connectivity index (χ4n) is 2.30. The van der Waals surface area contributed by atoms with E-state index in [1.165, 1.54) is 5.56 Å². The predicted molar refractivity (Wildman–Crippen MR) is 75.8 cm³/mol. The van der Waals surface area contributed by atoms with E-state index in [-0.39, 0.29) is 17.9 Å². The molecule has 1 amide bonds. The Hall–Kier alpha value is -0.870. The Bertz CT molecular complexity index is 450. The lowest BCUT2D eigenvalue weighted by Gasteiger charge is -2.14. The van der Waals surface area contributed by atoms with Gasteiger partial charge in [-0.2, -0.15) is 0 Å². The zero-order valence-corrected chi connectivity index (χ0v) is 12.5. The Labute approximate surface area is 116 Å². The van der Waals surface area contributed by atoms with Crippen LogP contribution in [0.5, 0.6) is 0 Å². The Balaban J connectivity index is 2.12. The van der Waals surface area contributed by atoms with E-state index in [0.717, 1.165) is 22.1 Å². The number of halogens is 1. The molecule has 18 heavy (non-hydrogen) atoms. The molecule has 0 radical (unpaired) electrons. The molecule has 1 saturated heterocycles. The Kier molecular flexibility index (Phi) is 4.07. The molecule has 1 aromatic carbocycles. The van der Waals surface area contributed by atoms with Gasteiger partial charge >= 0.3 is 0 Å². The van der Waals surface area contributed by atoms with Crippen LogP contribution in [0.1, 0.15) is 24.5 Å². The molecule has 0 spiro atoms. The summed E-state index contributed by atoms with van der Waals surface area (Å²) in [5, 5.41) is 3.00. The summed E-state index contributed by atoms with van der Waals surface area (Å²) in [7, 11) is 0. The first-order valence-electron chi connectivity index (χ1n) is 6.16. The van der Waals surface area contributed by atoms with Crippen molar-refractivity contribution in [1.29, 1.82) is 0 Å². The number of rotatable bonds is 2. The van der Waals surface area contributed by atoms with Gasteiger partial charge in [0.1, 0.15) is 0 Å². The number of ether oxygens (including phenoxy) is 1. The summed E-state index contributed by atoms with van der Waals surface area (Å²) in [5.74, 6) is 0.0135. The zero-order valence-electron chi connectivity index (χ0n) is 10.9. The van der Waals surface area contributed by atoms with Gasteiger partial charge in [-0.15, -0.1) is 0 Å². The van der Waals surface area contributed by atoms with Crippen molar-refractivity contribution >= 4 is 27.5 Å². The van der Waals surface area contributed by atoms with E-state index >= 15 is 0 Å². The largest absolute Gasteiger partial charge is 0.378 e. The number of nitrogens with one attached hydrogen (secondary N) is 1. The third kappa shape index (κ3) is 2.93. The quantitative estimate of drug-likeness (QED) is 0.908. The molecule has 1 N–H and O–H groups in total. The Morgan fingerprint density at radius 1 is 1.44 bits per heavy atom. The molecule has 1 aliphatic heterocycles. The van der Waals surface area contributed by atoms with E-state index in [1.807, 2.05) is 26.8 Å². The minimum absolute atomic E-state index is 0.0346. The van der Waals surface area contributed by atoms with Crippen LogP contribution in [-0.2, 0) is 9.53 Å². The second-order valence-electron chi connectivity index (χ2n) is 5.00. The van der Waals surface area contributed by atoms with Crippen molar-refractivity contribution < 1.29 is 9.53 Å². The molecule has 2 unspecified atom stereocenters. The molecular formula is C14H18BrNO2. The van der Waals surface area contributed by atoms with Gasteiger partial charge in [0, 0.05) is 4.47 Å². The van der Waals surface area contributed by atoms with E-state index in [1.54, 1.807) is 0 Å². The summed E-state index contributed by atoms with van der Waals surface area (Å²) in [6.45, 7) is 6.56. The number of benzene rings is 1. The molecule has 3 nitrogen and oxygen atoms in total. The average Bonchev–Trinajstić information content (AvgIpc) is 2.70. The summed E-state index contributed by atoms with van der Waals surface area (Å²) < 4.78 is 6.36. The number of carbonyl (C=O) groups is 1. The van der Waals surface area contributed by atoms with Gasteiger partial charge in [0.05, 0.1) is 24.3 Å². The summed E-state index contributed by atoms with van der Waals surface area (Å²) in [4.78, 5) is 12.1. The third-order valence-corrected chi connectivity index (χ3v) is 3.87. The Morgan fingerprint density at radius 3 is 2.72 bits per heavy atom. The van der Waals surface area contributed by atoms with Crippen LogP contribution in [-0.4, -0.2) is 18.6 Å². The van der Waals surface area contributed by atoms with Crippen molar-refractivity contribution in [2.75, 3.05) is 11.9 Å². The fraction of sp³-hybridized carbons (Fsp3) is 0.500. The van der Waals surface area contributed by atoms with Crippen molar-refractivity contribution in [3.8, 4) is 0 Å². The normalized spacial score (nSPS) is 23.1. The lowest BCUT2D eigenvalue weighted by molar-refractivity contribution is -0.119. The number of amides is 1. The predicted octanol–water partition coefficient (Wildman–Crippen LogP) is 3.43. The highest BCUT2D eigenvalue weighted by atomic mass is 79.9. The summed E-state index contributed by atoms with van der Waals surface area (Å²) in [6.07, 6.45) is 0.984. The summed E-state index contributed by atoms with van der Waals surface area (Å²) in [5.41, 5.74) is 3.11. The molecule has 0 saturated carbocycles. The zero-order chi connectivity index (χ0) is 13.3. The van der Waals surface area contributed by atoms with Crippen LogP contribution in [0.3, 0.4) is 0 Å². The maximum atomic E-state index is 12.1. The van der Waals surface area contributed by atoms with E-state index in [0.29, 0.717) is 6.61 Å². The van der Waals surface area contributed by atoms with Crippen molar-refractivity contribution in [2.24, 2.45) is 5.92 Å². The standard InChI is InChI=1S/C14H18BrNO2/c1-8-4-9(2)13(12(15)5-8)16-14(17)11-6-10(3)18-7-11/h4-5,10-11H,6-7H2,1-3H3,(H,16,17). The molecule has 1 aliphatic rings. The summed E-state index contributed by atoms with van der Waals surface area (Å²) >= 11 is 3.50. The molecule has 0 aliphatic carbocycles. The van der Waals surface area contributed by atoms with Gasteiger partial charge in [0.25, 0.3) is 0 Å². The molecule has 0 aromatic heterocycles. The van der Waals surface area contributed by atoms with Gasteiger partial charge in [-0.3, -0.25) is 4.79 Å². The lowest BCUT2D eigenvalue weighted by atomic mass is 10.0. The molecule has 0 bridgehead atoms. The molecule has 1 heterocycles. The van der Waals surface area contributed by atoms with E-state index in [9.17, 15) is 4.79 Å². The van der Waals surface area contributed by atoms with Crippen LogP contribution in [0.25, 0.3) is 0 Å². The first-order valence-corrected chi connectivity index (χ1v) is 6.96. The molecule has 1 aromatic rings. The van der Waals surface area contributed by atoms with Crippen molar-refractivity contribution in [2.45, 2.75) is 33.3 Å². The SMILES string of the molecule is Cc1cc(C)c(NC(=O)C2COC(C)C2)c(Br)c1. The minimum Gasteiger partial charge on any atom is -0.378 e. The number of hydrogen-bond donors (Lipinski definition) is 1. The molecular weight excluding hydrogens is 294 g/mol. The molecule has 2 atom stereocenters. The molecule has 4 heteroatoms. The minimum atomic E-state index is -0.0346. The van der Waals surface area contributed by atoms with Crippen LogP contribution < -0.4 is 5.32 Å². The van der Waals surface area contributed by atoms with Crippen molar-refractivity contribution in [1.82, 2.24) is 0 Å². The maximum Gasteiger partial charge on any atom is 0.229 e. The second-order valence-corrected chi connectivity index (χ2v) is 5.86. The topological polar surface area (TPSA) is 38.3 Å². The van der Waals surface area contributed by atoms with E-state index in [2.05, 4.69) is 27.3 Å². The van der Waals surface area contributed by atoms with Crippen LogP contribution >= 0.6 is 15.9 Å². The number of anilines is 1. The highest BCUT2D eigenvalue weighted by molar-refractivity contribution is 9.10. The number of hydrogen-bond acceptors (Lipinski definition) is 2.